The molecule has 2 rings (SSSR count). The van der Waals surface area contributed by atoms with E-state index in [4.69, 9.17) is 0 Å². The molecule has 0 aromatic carbocycles. The van der Waals surface area contributed by atoms with Crippen LogP contribution in [0.25, 0.3) is 0 Å². The third-order valence-corrected chi connectivity index (χ3v) is 4.40. The van der Waals surface area contributed by atoms with Crippen LogP contribution in [0, 0.1) is 6.92 Å². The quantitative estimate of drug-likeness (QED) is 0.476. The van der Waals surface area contributed by atoms with Crippen molar-refractivity contribution in [2.45, 2.75) is 16.4 Å². The zero-order valence-electron chi connectivity index (χ0n) is 7.95. The van der Waals surface area contributed by atoms with Gasteiger partial charge in [0.2, 0.25) is 0 Å². The number of hydrogen-bond donors (Lipinski definition) is 0. The molecule has 0 atom stereocenters. The molecular weight excluding hydrogens is 248 g/mol. The fourth-order valence-electron chi connectivity index (χ4n) is 0.829. The average Bonchev–Trinajstić information content (AvgIpc) is 2.66. The first kappa shape index (κ1) is 10.8. The molecule has 0 aliphatic heterocycles. The lowest BCUT2D eigenvalue weighted by atomic mass is 10.7. The molecule has 0 spiro atoms. The Kier molecular flexibility index (Phi) is 3.93. The van der Waals surface area contributed by atoms with Crippen molar-refractivity contribution in [3.8, 4) is 0 Å². The van der Waals surface area contributed by atoms with E-state index >= 15 is 0 Å². The van der Waals surface area contributed by atoms with Crippen molar-refractivity contribution in [1.82, 2.24) is 20.2 Å². The normalized spacial score (nSPS) is 10.5. The van der Waals surface area contributed by atoms with Gasteiger partial charge in [0, 0.05) is 12.4 Å². The maximum absolute atomic E-state index is 4.12. The van der Waals surface area contributed by atoms with Crippen LogP contribution >= 0.6 is 34.9 Å². The second kappa shape index (κ2) is 5.43. The summed E-state index contributed by atoms with van der Waals surface area (Å²) in [5, 5.41) is 10.6. The Hall–Kier alpha value is -0.660. The molecule has 15 heavy (non-hydrogen) atoms. The molecule has 0 radical (unpaired) electrons. The zero-order chi connectivity index (χ0) is 10.5. The molecule has 78 valence electrons. The summed E-state index contributed by atoms with van der Waals surface area (Å²) in [7, 11) is 0. The molecule has 0 N–H and O–H groups in total. The van der Waals surface area contributed by atoms with Crippen molar-refractivity contribution in [3.05, 3.63) is 23.5 Å². The molecule has 0 unspecified atom stereocenters. The lowest BCUT2D eigenvalue weighted by Gasteiger charge is -1.95. The maximum Gasteiger partial charge on any atom is 0.188 e. The van der Waals surface area contributed by atoms with Gasteiger partial charge in [-0.05, 0) is 13.0 Å². The largest absolute Gasteiger partial charge is 0.231 e. The van der Waals surface area contributed by atoms with E-state index in [9.17, 15) is 0 Å². The van der Waals surface area contributed by atoms with Crippen molar-refractivity contribution in [2.24, 2.45) is 0 Å². The minimum atomic E-state index is 0.797. The fraction of sp³-hybridized carbons (Fsp3) is 0.250. The molecule has 2 aromatic rings. The van der Waals surface area contributed by atoms with E-state index in [2.05, 4.69) is 20.2 Å². The monoisotopic (exact) mass is 256 g/mol. The van der Waals surface area contributed by atoms with Crippen LogP contribution in [0.3, 0.4) is 0 Å². The van der Waals surface area contributed by atoms with Gasteiger partial charge in [0.05, 0.1) is 5.08 Å². The molecule has 0 aliphatic carbocycles. The van der Waals surface area contributed by atoms with Crippen LogP contribution in [-0.2, 0) is 0 Å². The second-order valence-corrected chi connectivity index (χ2v) is 6.24. The van der Waals surface area contributed by atoms with Gasteiger partial charge in [-0.1, -0.05) is 34.9 Å². The minimum absolute atomic E-state index is 0.797. The van der Waals surface area contributed by atoms with Gasteiger partial charge in [0.15, 0.2) is 9.50 Å². The molecular formula is C8H8N4S3. The number of aryl methyl sites for hydroxylation is 1. The van der Waals surface area contributed by atoms with E-state index in [0.29, 0.717) is 0 Å². The van der Waals surface area contributed by atoms with Gasteiger partial charge in [-0.3, -0.25) is 0 Å². The molecule has 0 saturated carbocycles. The Morgan fingerprint density at radius 2 is 2.00 bits per heavy atom. The van der Waals surface area contributed by atoms with Crippen molar-refractivity contribution >= 4 is 34.9 Å². The van der Waals surface area contributed by atoms with Crippen LogP contribution in [0.5, 0.6) is 0 Å². The number of aromatic nitrogens is 4. The molecule has 0 bridgehead atoms. The first-order valence-electron chi connectivity index (χ1n) is 4.17. The van der Waals surface area contributed by atoms with Gasteiger partial charge < -0.3 is 0 Å². The highest BCUT2D eigenvalue weighted by atomic mass is 32.2. The van der Waals surface area contributed by atoms with Gasteiger partial charge in [-0.2, -0.15) is 0 Å². The predicted octanol–water partition coefficient (Wildman–Crippen LogP) is 2.48. The van der Waals surface area contributed by atoms with E-state index in [1.54, 1.807) is 47.3 Å². The first-order valence-corrected chi connectivity index (χ1v) is 6.96. The summed E-state index contributed by atoms with van der Waals surface area (Å²) < 4.78 is 0.996. The van der Waals surface area contributed by atoms with Crippen molar-refractivity contribution < 1.29 is 0 Å². The summed E-state index contributed by atoms with van der Waals surface area (Å²) in [6, 6.07) is 1.81. The standard InChI is InChI=1S/C8H8N4S3/c1-6-11-12-8(15-6)14-5-13-7-9-3-2-4-10-7/h2-4H,5H2,1H3. The fourth-order valence-corrected chi connectivity index (χ4v) is 3.71. The maximum atomic E-state index is 4.12. The Bertz CT molecular complexity index is 417. The number of hydrogen-bond acceptors (Lipinski definition) is 7. The van der Waals surface area contributed by atoms with E-state index in [0.717, 1.165) is 19.6 Å². The third kappa shape index (κ3) is 3.44. The van der Waals surface area contributed by atoms with Crippen LogP contribution in [0.4, 0.5) is 0 Å². The molecule has 4 nitrogen and oxygen atoms in total. The molecule has 2 aromatic heterocycles. The van der Waals surface area contributed by atoms with Crippen LogP contribution in [-0.4, -0.2) is 25.3 Å². The van der Waals surface area contributed by atoms with E-state index in [-0.39, 0.29) is 0 Å². The zero-order valence-corrected chi connectivity index (χ0v) is 10.4. The minimum Gasteiger partial charge on any atom is -0.231 e. The molecule has 0 aliphatic rings. The van der Waals surface area contributed by atoms with E-state index in [1.165, 1.54) is 0 Å². The Labute approximate surface area is 100.0 Å². The van der Waals surface area contributed by atoms with Gasteiger partial charge in [-0.15, -0.1) is 10.2 Å². The predicted molar refractivity (Wildman–Crippen MR) is 63.3 cm³/mol. The molecule has 7 heteroatoms. The SMILES string of the molecule is Cc1nnc(SCSc2ncccn2)s1. The van der Waals surface area contributed by atoms with Crippen LogP contribution in [0.2, 0.25) is 0 Å². The average molecular weight is 256 g/mol. The molecule has 0 amide bonds. The molecule has 0 saturated heterocycles. The van der Waals surface area contributed by atoms with Crippen molar-refractivity contribution in [3.63, 3.8) is 0 Å². The van der Waals surface area contributed by atoms with Gasteiger partial charge in [0.1, 0.15) is 5.01 Å². The summed E-state index contributed by atoms with van der Waals surface area (Å²) in [6.45, 7) is 1.95. The number of nitrogens with zero attached hydrogens (tertiary/aromatic N) is 4. The summed E-state index contributed by atoms with van der Waals surface area (Å²) in [5.74, 6) is 0. The number of thioether (sulfide) groups is 2. The van der Waals surface area contributed by atoms with Crippen molar-refractivity contribution in [1.29, 1.82) is 0 Å². The van der Waals surface area contributed by atoms with Crippen LogP contribution in [0.1, 0.15) is 5.01 Å². The first-order chi connectivity index (χ1) is 7.34. The second-order valence-electron chi connectivity index (χ2n) is 2.52. The molecule has 0 fully saturated rings. The third-order valence-electron chi connectivity index (χ3n) is 1.42. The van der Waals surface area contributed by atoms with Crippen LogP contribution < -0.4 is 0 Å². The van der Waals surface area contributed by atoms with Gasteiger partial charge in [-0.25, -0.2) is 9.97 Å². The number of rotatable bonds is 4. The summed E-state index contributed by atoms with van der Waals surface area (Å²) in [6.07, 6.45) is 3.49. The Morgan fingerprint density at radius 1 is 1.20 bits per heavy atom. The Morgan fingerprint density at radius 3 is 2.67 bits per heavy atom. The van der Waals surface area contributed by atoms with Crippen molar-refractivity contribution in [2.75, 3.05) is 5.08 Å². The van der Waals surface area contributed by atoms with Crippen LogP contribution in [0.15, 0.2) is 28.0 Å². The van der Waals surface area contributed by atoms with E-state index < -0.39 is 0 Å². The Balaban J connectivity index is 1.80. The van der Waals surface area contributed by atoms with Gasteiger partial charge >= 0.3 is 0 Å². The molecule has 2 heterocycles. The lowest BCUT2D eigenvalue weighted by Crippen LogP contribution is -1.83. The highest BCUT2D eigenvalue weighted by molar-refractivity contribution is 8.16. The summed E-state index contributed by atoms with van der Waals surface area (Å²) in [5.41, 5.74) is 0. The highest BCUT2D eigenvalue weighted by Gasteiger charge is 2.02. The summed E-state index contributed by atoms with van der Waals surface area (Å²) in [4.78, 5) is 8.24. The van der Waals surface area contributed by atoms with Gasteiger partial charge in [0.25, 0.3) is 0 Å². The lowest BCUT2D eigenvalue weighted by molar-refractivity contribution is 0.969. The summed E-state index contributed by atoms with van der Waals surface area (Å²) >= 11 is 4.88. The van der Waals surface area contributed by atoms with E-state index in [1.807, 2.05) is 13.0 Å². The topological polar surface area (TPSA) is 51.6 Å². The highest BCUT2D eigenvalue weighted by Crippen LogP contribution is 2.27. The smallest absolute Gasteiger partial charge is 0.188 e.